The van der Waals surface area contributed by atoms with E-state index in [2.05, 4.69) is 20.7 Å². The third-order valence-corrected chi connectivity index (χ3v) is 4.00. The van der Waals surface area contributed by atoms with Crippen molar-refractivity contribution < 1.29 is 4.79 Å². The first-order valence-corrected chi connectivity index (χ1v) is 8.31. The Hall–Kier alpha value is -1.32. The van der Waals surface area contributed by atoms with Gasteiger partial charge in [0.1, 0.15) is 0 Å². The third kappa shape index (κ3) is 5.64. The Balaban J connectivity index is 0.00000288. The molecular formula is C16H29IN6O. The fraction of sp³-hybridized carbons (Fsp3) is 0.688. The van der Waals surface area contributed by atoms with E-state index in [9.17, 15) is 4.79 Å². The first kappa shape index (κ1) is 20.7. The average molecular weight is 448 g/mol. The van der Waals surface area contributed by atoms with Gasteiger partial charge in [0.25, 0.3) is 0 Å². The zero-order valence-electron chi connectivity index (χ0n) is 15.0. The Bertz CT molecular complexity index is 557. The molecule has 7 nitrogen and oxygen atoms in total. The van der Waals surface area contributed by atoms with E-state index >= 15 is 0 Å². The van der Waals surface area contributed by atoms with Crippen LogP contribution < -0.4 is 10.6 Å². The number of likely N-dealkylation sites (tertiary alicyclic amines) is 1. The van der Waals surface area contributed by atoms with Gasteiger partial charge in [-0.2, -0.15) is 5.10 Å². The summed E-state index contributed by atoms with van der Waals surface area (Å²) in [5.74, 6) is 1.07. The number of rotatable bonds is 5. The monoisotopic (exact) mass is 448 g/mol. The number of carbonyl (C=O) groups is 1. The van der Waals surface area contributed by atoms with E-state index in [1.807, 2.05) is 43.5 Å². The molecule has 24 heavy (non-hydrogen) atoms. The number of hydrogen-bond donors (Lipinski definition) is 2. The van der Waals surface area contributed by atoms with Crippen molar-refractivity contribution in [1.82, 2.24) is 25.3 Å². The molecule has 1 amide bonds. The molecule has 1 atom stereocenters. The van der Waals surface area contributed by atoms with Crippen molar-refractivity contribution in [2.75, 3.05) is 19.6 Å². The van der Waals surface area contributed by atoms with Crippen LogP contribution in [0.15, 0.2) is 17.3 Å². The van der Waals surface area contributed by atoms with Crippen molar-refractivity contribution in [3.8, 4) is 0 Å². The smallest absolute Gasteiger partial charge is 0.225 e. The summed E-state index contributed by atoms with van der Waals surface area (Å²) in [7, 11) is 1.91. The molecule has 1 aliphatic heterocycles. The predicted octanol–water partition coefficient (Wildman–Crippen LogP) is 1.35. The SMILES string of the molecule is CCNC(=NCc1ccnn1C)NC1CCN(C(=O)C(C)C)C1.I. The molecule has 0 saturated carbocycles. The van der Waals surface area contributed by atoms with Gasteiger partial charge in [-0.15, -0.1) is 24.0 Å². The molecule has 1 unspecified atom stereocenters. The Morgan fingerprint density at radius 2 is 2.25 bits per heavy atom. The van der Waals surface area contributed by atoms with Crippen molar-refractivity contribution >= 4 is 35.8 Å². The molecule has 2 heterocycles. The van der Waals surface area contributed by atoms with E-state index < -0.39 is 0 Å². The molecule has 2 rings (SSSR count). The van der Waals surface area contributed by atoms with E-state index in [1.165, 1.54) is 0 Å². The second kappa shape index (κ2) is 9.85. The number of hydrogen-bond acceptors (Lipinski definition) is 3. The highest BCUT2D eigenvalue weighted by Crippen LogP contribution is 2.12. The van der Waals surface area contributed by atoms with Gasteiger partial charge >= 0.3 is 0 Å². The lowest BCUT2D eigenvalue weighted by Gasteiger charge is -2.20. The van der Waals surface area contributed by atoms with Crippen LogP contribution in [0.3, 0.4) is 0 Å². The van der Waals surface area contributed by atoms with Crippen LogP contribution in [0.5, 0.6) is 0 Å². The van der Waals surface area contributed by atoms with Gasteiger partial charge in [-0.1, -0.05) is 13.8 Å². The van der Waals surface area contributed by atoms with Crippen LogP contribution in [-0.4, -0.2) is 52.2 Å². The molecule has 0 radical (unpaired) electrons. The Kier molecular flexibility index (Phi) is 8.51. The molecule has 0 aliphatic carbocycles. The van der Waals surface area contributed by atoms with Gasteiger partial charge in [0.05, 0.1) is 12.2 Å². The number of aryl methyl sites for hydroxylation is 1. The molecular weight excluding hydrogens is 419 g/mol. The van der Waals surface area contributed by atoms with Crippen LogP contribution in [-0.2, 0) is 18.4 Å². The maximum Gasteiger partial charge on any atom is 0.225 e. The van der Waals surface area contributed by atoms with Crippen molar-refractivity contribution in [2.24, 2.45) is 18.0 Å². The molecule has 8 heteroatoms. The van der Waals surface area contributed by atoms with Crippen molar-refractivity contribution in [3.05, 3.63) is 18.0 Å². The van der Waals surface area contributed by atoms with Gasteiger partial charge < -0.3 is 15.5 Å². The summed E-state index contributed by atoms with van der Waals surface area (Å²) in [5.41, 5.74) is 1.06. The lowest BCUT2D eigenvalue weighted by Crippen LogP contribution is -2.45. The van der Waals surface area contributed by atoms with Crippen LogP contribution in [0.25, 0.3) is 0 Å². The van der Waals surface area contributed by atoms with E-state index in [4.69, 9.17) is 0 Å². The number of carbonyl (C=O) groups excluding carboxylic acids is 1. The summed E-state index contributed by atoms with van der Waals surface area (Å²) in [6.45, 7) is 8.88. The number of aromatic nitrogens is 2. The highest BCUT2D eigenvalue weighted by Gasteiger charge is 2.27. The molecule has 1 aromatic heterocycles. The predicted molar refractivity (Wildman–Crippen MR) is 106 cm³/mol. The standard InChI is InChI=1S/C16H28N6O.HI/c1-5-17-16(18-10-14-6-8-19-21(14)4)20-13-7-9-22(11-13)15(23)12(2)3;/h6,8,12-13H,5,7,9-11H2,1-4H3,(H2,17,18,20);1H. The van der Waals surface area contributed by atoms with Crippen LogP contribution in [0.1, 0.15) is 32.9 Å². The molecule has 1 saturated heterocycles. The van der Waals surface area contributed by atoms with E-state index in [1.54, 1.807) is 6.20 Å². The molecule has 1 aliphatic rings. The molecule has 136 valence electrons. The van der Waals surface area contributed by atoms with Crippen LogP contribution in [0, 0.1) is 5.92 Å². The molecule has 2 N–H and O–H groups in total. The summed E-state index contributed by atoms with van der Waals surface area (Å²) in [4.78, 5) is 18.6. The van der Waals surface area contributed by atoms with Gasteiger partial charge in [-0.3, -0.25) is 9.48 Å². The molecule has 0 bridgehead atoms. The van der Waals surface area contributed by atoms with Crippen LogP contribution >= 0.6 is 24.0 Å². The second-order valence-electron chi connectivity index (χ2n) is 6.21. The van der Waals surface area contributed by atoms with E-state index in [0.717, 1.165) is 37.7 Å². The molecule has 0 aromatic carbocycles. The first-order valence-electron chi connectivity index (χ1n) is 8.31. The maximum atomic E-state index is 12.1. The van der Waals surface area contributed by atoms with Crippen LogP contribution in [0.4, 0.5) is 0 Å². The van der Waals surface area contributed by atoms with Gasteiger partial charge in [0.2, 0.25) is 5.91 Å². The third-order valence-electron chi connectivity index (χ3n) is 4.00. The Morgan fingerprint density at radius 1 is 1.50 bits per heavy atom. The van der Waals surface area contributed by atoms with Crippen molar-refractivity contribution in [1.29, 1.82) is 0 Å². The fourth-order valence-corrected chi connectivity index (χ4v) is 2.67. The van der Waals surface area contributed by atoms with Crippen LogP contribution in [0.2, 0.25) is 0 Å². The molecule has 0 spiro atoms. The number of amides is 1. The fourth-order valence-electron chi connectivity index (χ4n) is 2.67. The van der Waals surface area contributed by atoms with E-state index in [-0.39, 0.29) is 41.8 Å². The normalized spacial score (nSPS) is 17.8. The van der Waals surface area contributed by atoms with Gasteiger partial charge in [-0.25, -0.2) is 4.99 Å². The second-order valence-corrected chi connectivity index (χ2v) is 6.21. The number of aliphatic imine (C=N–C) groups is 1. The minimum absolute atomic E-state index is 0. The first-order chi connectivity index (χ1) is 11.0. The largest absolute Gasteiger partial charge is 0.357 e. The average Bonchev–Trinajstić information content (AvgIpc) is 3.13. The Morgan fingerprint density at radius 3 is 2.83 bits per heavy atom. The zero-order chi connectivity index (χ0) is 16.8. The number of nitrogens with one attached hydrogen (secondary N) is 2. The van der Waals surface area contributed by atoms with Gasteiger partial charge in [-0.05, 0) is 19.4 Å². The number of halogens is 1. The van der Waals surface area contributed by atoms with Crippen molar-refractivity contribution in [3.63, 3.8) is 0 Å². The highest BCUT2D eigenvalue weighted by atomic mass is 127. The summed E-state index contributed by atoms with van der Waals surface area (Å²) in [6.07, 6.45) is 2.73. The van der Waals surface area contributed by atoms with E-state index in [0.29, 0.717) is 6.54 Å². The number of nitrogens with zero attached hydrogens (tertiary/aromatic N) is 4. The number of guanidine groups is 1. The molecule has 1 aromatic rings. The Labute approximate surface area is 161 Å². The maximum absolute atomic E-state index is 12.1. The summed E-state index contributed by atoms with van der Waals surface area (Å²) >= 11 is 0. The van der Waals surface area contributed by atoms with Gasteiger partial charge in [0, 0.05) is 44.8 Å². The van der Waals surface area contributed by atoms with Crippen molar-refractivity contribution in [2.45, 2.75) is 39.8 Å². The van der Waals surface area contributed by atoms with Gasteiger partial charge in [0.15, 0.2) is 5.96 Å². The minimum Gasteiger partial charge on any atom is -0.357 e. The summed E-state index contributed by atoms with van der Waals surface area (Å²) < 4.78 is 1.83. The highest BCUT2D eigenvalue weighted by molar-refractivity contribution is 14.0. The quantitative estimate of drug-likeness (QED) is 0.405. The minimum atomic E-state index is 0. The summed E-state index contributed by atoms with van der Waals surface area (Å²) in [5, 5.41) is 10.9. The topological polar surface area (TPSA) is 74.6 Å². The zero-order valence-corrected chi connectivity index (χ0v) is 17.3. The molecule has 1 fully saturated rings. The lowest BCUT2D eigenvalue weighted by molar-refractivity contribution is -0.133. The summed E-state index contributed by atoms with van der Waals surface area (Å²) in [6, 6.07) is 2.22. The lowest BCUT2D eigenvalue weighted by atomic mass is 10.2.